The van der Waals surface area contributed by atoms with Gasteiger partial charge in [-0.3, -0.25) is 4.99 Å². The third-order valence-corrected chi connectivity index (χ3v) is 2.23. The summed E-state index contributed by atoms with van der Waals surface area (Å²) in [6, 6.07) is 0. The van der Waals surface area contributed by atoms with Crippen LogP contribution in [0.3, 0.4) is 0 Å². The van der Waals surface area contributed by atoms with Crippen LogP contribution < -0.4 is 0 Å². The van der Waals surface area contributed by atoms with Crippen molar-refractivity contribution in [3.05, 3.63) is 11.6 Å². The quantitative estimate of drug-likeness (QED) is 0.450. The lowest BCUT2D eigenvalue weighted by atomic mass is 10.00. The van der Waals surface area contributed by atoms with Crippen LogP contribution in [-0.4, -0.2) is 12.8 Å². The van der Waals surface area contributed by atoms with Gasteiger partial charge in [0.05, 0.1) is 6.54 Å². The van der Waals surface area contributed by atoms with Gasteiger partial charge in [0, 0.05) is 6.21 Å². The van der Waals surface area contributed by atoms with Crippen LogP contribution in [0.25, 0.3) is 0 Å². The van der Waals surface area contributed by atoms with Gasteiger partial charge >= 0.3 is 0 Å². The minimum Gasteiger partial charge on any atom is -0.293 e. The zero-order valence-corrected chi connectivity index (χ0v) is 8.96. The second-order valence-electron chi connectivity index (χ2n) is 3.73. The standard InChI is InChI=1S/C11H21N/c1-6-10(4)7-12-8-11(5)9(2)3/h6,8-9,11H,7H2,1-5H3/b10-6+,12-8?. The van der Waals surface area contributed by atoms with Gasteiger partial charge in [0.25, 0.3) is 0 Å². The van der Waals surface area contributed by atoms with Crippen molar-refractivity contribution in [1.82, 2.24) is 0 Å². The number of hydrogen-bond acceptors (Lipinski definition) is 1. The second-order valence-corrected chi connectivity index (χ2v) is 3.73. The Bertz CT molecular complexity index is 166. The van der Waals surface area contributed by atoms with E-state index in [1.807, 2.05) is 0 Å². The molecule has 0 aliphatic rings. The van der Waals surface area contributed by atoms with Crippen molar-refractivity contribution < 1.29 is 0 Å². The minimum atomic E-state index is 0.592. The molecule has 1 unspecified atom stereocenters. The predicted molar refractivity (Wildman–Crippen MR) is 56.8 cm³/mol. The van der Waals surface area contributed by atoms with Gasteiger partial charge in [-0.25, -0.2) is 0 Å². The molecule has 0 spiro atoms. The van der Waals surface area contributed by atoms with Crippen molar-refractivity contribution >= 4 is 6.21 Å². The van der Waals surface area contributed by atoms with Crippen LogP contribution in [-0.2, 0) is 0 Å². The van der Waals surface area contributed by atoms with E-state index >= 15 is 0 Å². The van der Waals surface area contributed by atoms with E-state index in [0.717, 1.165) is 6.54 Å². The molecule has 0 aromatic heterocycles. The Kier molecular flexibility index (Phi) is 5.69. The Balaban J connectivity index is 3.76. The van der Waals surface area contributed by atoms with E-state index in [-0.39, 0.29) is 0 Å². The molecular weight excluding hydrogens is 146 g/mol. The molecule has 0 amide bonds. The Labute approximate surface area is 76.6 Å². The molecule has 0 aliphatic heterocycles. The molecule has 1 atom stereocenters. The van der Waals surface area contributed by atoms with Gasteiger partial charge in [-0.05, 0) is 25.7 Å². The van der Waals surface area contributed by atoms with Crippen molar-refractivity contribution in [2.24, 2.45) is 16.8 Å². The maximum absolute atomic E-state index is 4.37. The molecule has 12 heavy (non-hydrogen) atoms. The number of rotatable bonds is 4. The maximum Gasteiger partial charge on any atom is 0.0593 e. The summed E-state index contributed by atoms with van der Waals surface area (Å²) in [6.45, 7) is 11.7. The van der Waals surface area contributed by atoms with Crippen LogP contribution in [0.1, 0.15) is 34.6 Å². The SMILES string of the molecule is C/C=C(\C)CN=CC(C)C(C)C. The first-order valence-electron chi connectivity index (χ1n) is 4.69. The lowest BCUT2D eigenvalue weighted by molar-refractivity contribution is 0.540. The van der Waals surface area contributed by atoms with Gasteiger partial charge in [-0.2, -0.15) is 0 Å². The first-order chi connectivity index (χ1) is 5.57. The highest BCUT2D eigenvalue weighted by molar-refractivity contribution is 5.60. The van der Waals surface area contributed by atoms with Gasteiger partial charge in [0.2, 0.25) is 0 Å². The smallest absolute Gasteiger partial charge is 0.0593 e. The second kappa shape index (κ2) is 5.99. The third-order valence-electron chi connectivity index (χ3n) is 2.23. The van der Waals surface area contributed by atoms with Crippen LogP contribution in [0.2, 0.25) is 0 Å². The van der Waals surface area contributed by atoms with Crippen LogP contribution in [0.4, 0.5) is 0 Å². The number of allylic oxidation sites excluding steroid dienone is 1. The Morgan fingerprint density at radius 2 is 1.92 bits per heavy atom. The summed E-state index contributed by atoms with van der Waals surface area (Å²) < 4.78 is 0. The van der Waals surface area contributed by atoms with Gasteiger partial charge in [-0.1, -0.05) is 32.4 Å². The predicted octanol–water partition coefficient (Wildman–Crippen LogP) is 3.32. The van der Waals surface area contributed by atoms with Crippen molar-refractivity contribution in [2.75, 3.05) is 6.54 Å². The van der Waals surface area contributed by atoms with Crippen molar-refractivity contribution in [1.29, 1.82) is 0 Å². The molecule has 1 nitrogen and oxygen atoms in total. The fraction of sp³-hybridized carbons (Fsp3) is 0.727. The zero-order chi connectivity index (χ0) is 9.56. The molecule has 0 saturated carbocycles. The van der Waals surface area contributed by atoms with Crippen LogP contribution >= 0.6 is 0 Å². The first kappa shape index (κ1) is 11.4. The van der Waals surface area contributed by atoms with Crippen LogP contribution in [0.15, 0.2) is 16.6 Å². The minimum absolute atomic E-state index is 0.592. The normalized spacial score (nSPS) is 16.0. The molecule has 0 aliphatic carbocycles. The molecule has 0 fully saturated rings. The highest BCUT2D eigenvalue weighted by Crippen LogP contribution is 2.06. The summed E-state index contributed by atoms with van der Waals surface area (Å²) >= 11 is 0. The monoisotopic (exact) mass is 167 g/mol. The molecule has 70 valence electrons. The van der Waals surface area contributed by atoms with Crippen LogP contribution in [0.5, 0.6) is 0 Å². The van der Waals surface area contributed by atoms with Gasteiger partial charge < -0.3 is 0 Å². The fourth-order valence-corrected chi connectivity index (χ4v) is 0.626. The molecular formula is C11H21N. The Morgan fingerprint density at radius 3 is 2.33 bits per heavy atom. The summed E-state index contributed by atoms with van der Waals surface area (Å²) in [5.74, 6) is 1.29. The number of hydrogen-bond donors (Lipinski definition) is 0. The van der Waals surface area contributed by atoms with E-state index in [9.17, 15) is 0 Å². The lowest BCUT2D eigenvalue weighted by Gasteiger charge is -2.08. The van der Waals surface area contributed by atoms with Crippen molar-refractivity contribution in [2.45, 2.75) is 34.6 Å². The molecule has 0 rings (SSSR count). The summed E-state index contributed by atoms with van der Waals surface area (Å²) in [4.78, 5) is 4.37. The Hall–Kier alpha value is -0.590. The average Bonchev–Trinajstić information content (AvgIpc) is 2.03. The van der Waals surface area contributed by atoms with E-state index in [4.69, 9.17) is 0 Å². The molecule has 0 N–H and O–H groups in total. The topological polar surface area (TPSA) is 12.4 Å². The summed E-state index contributed by atoms with van der Waals surface area (Å²) in [5, 5.41) is 0. The summed E-state index contributed by atoms with van der Waals surface area (Å²) in [7, 11) is 0. The number of nitrogens with zero attached hydrogens (tertiary/aromatic N) is 1. The number of aliphatic imine (C=N–C) groups is 1. The third kappa shape index (κ3) is 5.11. The van der Waals surface area contributed by atoms with Crippen molar-refractivity contribution in [3.8, 4) is 0 Å². The van der Waals surface area contributed by atoms with Gasteiger partial charge in [0.1, 0.15) is 0 Å². The Morgan fingerprint density at radius 1 is 1.33 bits per heavy atom. The highest BCUT2D eigenvalue weighted by Gasteiger charge is 2.01. The van der Waals surface area contributed by atoms with Crippen LogP contribution in [0, 0.1) is 11.8 Å². The average molecular weight is 167 g/mol. The molecule has 0 bridgehead atoms. The highest BCUT2D eigenvalue weighted by atomic mass is 14.7. The van der Waals surface area contributed by atoms with E-state index in [2.05, 4.69) is 51.9 Å². The van der Waals surface area contributed by atoms with E-state index in [1.54, 1.807) is 0 Å². The molecule has 0 aromatic carbocycles. The van der Waals surface area contributed by atoms with Gasteiger partial charge in [-0.15, -0.1) is 0 Å². The zero-order valence-electron chi connectivity index (χ0n) is 8.96. The molecule has 0 heterocycles. The van der Waals surface area contributed by atoms with Crippen molar-refractivity contribution in [3.63, 3.8) is 0 Å². The lowest BCUT2D eigenvalue weighted by Crippen LogP contribution is -2.05. The molecule has 0 saturated heterocycles. The molecule has 0 aromatic rings. The van der Waals surface area contributed by atoms with E-state index < -0.39 is 0 Å². The summed E-state index contributed by atoms with van der Waals surface area (Å²) in [5.41, 5.74) is 1.34. The molecule has 0 radical (unpaired) electrons. The van der Waals surface area contributed by atoms with Gasteiger partial charge in [0.15, 0.2) is 0 Å². The molecule has 1 heteroatoms. The largest absolute Gasteiger partial charge is 0.293 e. The van der Waals surface area contributed by atoms with E-state index in [1.165, 1.54) is 5.57 Å². The van der Waals surface area contributed by atoms with E-state index in [0.29, 0.717) is 11.8 Å². The first-order valence-corrected chi connectivity index (χ1v) is 4.69. The fourth-order valence-electron chi connectivity index (χ4n) is 0.626. The summed E-state index contributed by atoms with van der Waals surface area (Å²) in [6.07, 6.45) is 4.18. The maximum atomic E-state index is 4.37.